The summed E-state index contributed by atoms with van der Waals surface area (Å²) in [5.74, 6) is 3.91. The second-order valence-electron chi connectivity index (χ2n) is 7.22. The summed E-state index contributed by atoms with van der Waals surface area (Å²) in [7, 11) is 0. The maximum Gasteiger partial charge on any atom is 0.245 e. The molecule has 0 aromatic carbocycles. The van der Waals surface area contributed by atoms with Gasteiger partial charge in [0.05, 0.1) is 18.4 Å². The van der Waals surface area contributed by atoms with Crippen LogP contribution in [0.3, 0.4) is 0 Å². The number of hydrogen-bond donors (Lipinski definition) is 0. The van der Waals surface area contributed by atoms with E-state index < -0.39 is 0 Å². The second kappa shape index (κ2) is 8.50. The Bertz CT molecular complexity index is 948. The van der Waals surface area contributed by atoms with Crippen molar-refractivity contribution in [3.8, 4) is 0 Å². The van der Waals surface area contributed by atoms with Crippen LogP contribution in [0.2, 0.25) is 0 Å². The average Bonchev–Trinajstić information content (AvgIpc) is 3.26. The lowest BCUT2D eigenvalue weighted by Crippen LogP contribution is -2.42. The molecule has 29 heavy (non-hydrogen) atoms. The quantitative estimate of drug-likeness (QED) is 0.619. The van der Waals surface area contributed by atoms with Gasteiger partial charge in [-0.1, -0.05) is 6.07 Å². The van der Waals surface area contributed by atoms with Crippen LogP contribution in [0, 0.1) is 0 Å². The summed E-state index contributed by atoms with van der Waals surface area (Å²) in [5, 5.41) is 7.80. The van der Waals surface area contributed by atoms with E-state index in [4.69, 9.17) is 19.3 Å². The minimum atomic E-state index is 0.128. The van der Waals surface area contributed by atoms with Crippen LogP contribution in [-0.2, 0) is 11.3 Å². The number of fused-ring (bicyclic) bond motifs is 1. The van der Waals surface area contributed by atoms with Gasteiger partial charge in [-0.3, -0.25) is 4.98 Å². The van der Waals surface area contributed by atoms with Gasteiger partial charge in [-0.2, -0.15) is 11.8 Å². The Kier molecular flexibility index (Phi) is 5.44. The Morgan fingerprint density at radius 2 is 1.83 bits per heavy atom. The first-order chi connectivity index (χ1) is 14.4. The molecule has 0 saturated carbocycles. The van der Waals surface area contributed by atoms with Gasteiger partial charge in [0.15, 0.2) is 11.6 Å². The standard InChI is InChI=1S/C19H23N7O2S/c1-2-6-20-14(4-1)13-27-15-5-3-7-26(12-15)19-18(25-8-10-29-11-9-25)21-16-17(22-19)24-28-23-16/h1-2,4,6,15H,3,5,7-13H2/t15-/m1/s1. The van der Waals surface area contributed by atoms with Crippen LogP contribution in [-0.4, -0.2) is 69.1 Å². The van der Waals surface area contributed by atoms with E-state index in [-0.39, 0.29) is 6.10 Å². The van der Waals surface area contributed by atoms with Gasteiger partial charge in [0.1, 0.15) is 0 Å². The number of nitrogens with zero attached hydrogens (tertiary/aromatic N) is 7. The van der Waals surface area contributed by atoms with Crippen molar-refractivity contribution in [1.82, 2.24) is 25.3 Å². The third kappa shape index (κ3) is 4.13. The summed E-state index contributed by atoms with van der Waals surface area (Å²) in [6, 6.07) is 5.89. The zero-order valence-corrected chi connectivity index (χ0v) is 16.9. The van der Waals surface area contributed by atoms with Gasteiger partial charge >= 0.3 is 0 Å². The molecular weight excluding hydrogens is 390 g/mol. The lowest BCUT2D eigenvalue weighted by atomic mass is 10.1. The van der Waals surface area contributed by atoms with Crippen molar-refractivity contribution in [3.63, 3.8) is 0 Å². The van der Waals surface area contributed by atoms with Gasteiger partial charge in [-0.15, -0.1) is 0 Å². The molecule has 0 bridgehead atoms. The highest BCUT2D eigenvalue weighted by molar-refractivity contribution is 7.99. The molecule has 152 valence electrons. The van der Waals surface area contributed by atoms with Crippen LogP contribution >= 0.6 is 11.8 Å². The minimum Gasteiger partial charge on any atom is -0.370 e. The third-order valence-electron chi connectivity index (χ3n) is 5.26. The molecule has 0 spiro atoms. The van der Waals surface area contributed by atoms with Gasteiger partial charge in [0.2, 0.25) is 11.3 Å². The van der Waals surface area contributed by atoms with Crippen molar-refractivity contribution < 1.29 is 9.37 Å². The van der Waals surface area contributed by atoms with Crippen LogP contribution in [0.4, 0.5) is 11.6 Å². The zero-order valence-electron chi connectivity index (χ0n) is 16.1. The molecule has 0 unspecified atom stereocenters. The molecule has 5 heterocycles. The number of thioether (sulfide) groups is 1. The Morgan fingerprint density at radius 3 is 2.59 bits per heavy atom. The maximum absolute atomic E-state index is 6.16. The molecule has 0 amide bonds. The van der Waals surface area contributed by atoms with Crippen LogP contribution in [0.15, 0.2) is 29.0 Å². The lowest BCUT2D eigenvalue weighted by molar-refractivity contribution is 0.0297. The number of anilines is 2. The first-order valence-electron chi connectivity index (χ1n) is 9.96. The Hall–Kier alpha value is -2.46. The number of rotatable bonds is 5. The first kappa shape index (κ1) is 18.6. The third-order valence-corrected chi connectivity index (χ3v) is 6.20. The van der Waals surface area contributed by atoms with Crippen molar-refractivity contribution in [2.24, 2.45) is 0 Å². The first-order valence-corrected chi connectivity index (χ1v) is 11.1. The van der Waals surface area contributed by atoms with E-state index in [2.05, 4.69) is 25.1 Å². The second-order valence-corrected chi connectivity index (χ2v) is 8.45. The zero-order chi connectivity index (χ0) is 19.5. The molecule has 2 saturated heterocycles. The normalized spacial score (nSPS) is 20.3. The average molecular weight is 414 g/mol. The Labute approximate surface area is 172 Å². The summed E-state index contributed by atoms with van der Waals surface area (Å²) in [6.45, 7) is 4.12. The van der Waals surface area contributed by atoms with Gasteiger partial charge in [0, 0.05) is 43.9 Å². The van der Waals surface area contributed by atoms with E-state index >= 15 is 0 Å². The molecule has 0 aliphatic carbocycles. The summed E-state index contributed by atoms with van der Waals surface area (Å²) in [6.07, 6.45) is 3.99. The van der Waals surface area contributed by atoms with E-state index in [9.17, 15) is 0 Å². The molecule has 3 aromatic heterocycles. The Balaban J connectivity index is 1.37. The number of pyridine rings is 1. The topological polar surface area (TPSA) is 93.3 Å². The predicted octanol–water partition coefficient (Wildman–Crippen LogP) is 2.15. The largest absolute Gasteiger partial charge is 0.370 e. The van der Waals surface area contributed by atoms with E-state index in [0.717, 1.165) is 67.9 Å². The molecule has 0 N–H and O–H groups in total. The molecule has 2 aliphatic rings. The number of ether oxygens (including phenoxy) is 1. The van der Waals surface area contributed by atoms with Crippen LogP contribution in [0.1, 0.15) is 18.5 Å². The monoisotopic (exact) mass is 413 g/mol. The van der Waals surface area contributed by atoms with Crippen LogP contribution < -0.4 is 9.80 Å². The number of aromatic nitrogens is 5. The van der Waals surface area contributed by atoms with Crippen molar-refractivity contribution in [3.05, 3.63) is 30.1 Å². The SMILES string of the molecule is c1ccc(CO[C@@H]2CCCN(c3nc4nonc4nc3N3CCSCC3)C2)nc1. The maximum atomic E-state index is 6.16. The van der Waals surface area contributed by atoms with Crippen LogP contribution in [0.5, 0.6) is 0 Å². The van der Waals surface area contributed by atoms with Crippen molar-refractivity contribution in [2.75, 3.05) is 47.5 Å². The molecule has 10 heteroatoms. The van der Waals surface area contributed by atoms with Gasteiger partial charge in [-0.25, -0.2) is 14.6 Å². The van der Waals surface area contributed by atoms with Crippen molar-refractivity contribution in [2.45, 2.75) is 25.6 Å². The number of hydrogen-bond acceptors (Lipinski definition) is 10. The highest BCUT2D eigenvalue weighted by Gasteiger charge is 2.28. The molecule has 1 atom stereocenters. The van der Waals surface area contributed by atoms with Crippen molar-refractivity contribution >= 4 is 34.7 Å². The molecule has 9 nitrogen and oxygen atoms in total. The van der Waals surface area contributed by atoms with Crippen molar-refractivity contribution in [1.29, 1.82) is 0 Å². The molecule has 3 aromatic rings. The molecule has 2 fully saturated rings. The fourth-order valence-electron chi connectivity index (χ4n) is 3.77. The summed E-state index contributed by atoms with van der Waals surface area (Å²) < 4.78 is 11.0. The van der Waals surface area contributed by atoms with E-state index in [1.165, 1.54) is 0 Å². The highest BCUT2D eigenvalue weighted by Crippen LogP contribution is 2.31. The number of piperidine rings is 1. The Morgan fingerprint density at radius 1 is 1.03 bits per heavy atom. The van der Waals surface area contributed by atoms with Gasteiger partial charge in [-0.05, 0) is 35.3 Å². The predicted molar refractivity (Wildman–Crippen MR) is 111 cm³/mol. The molecule has 5 rings (SSSR count). The van der Waals surface area contributed by atoms with E-state index in [0.29, 0.717) is 17.9 Å². The summed E-state index contributed by atoms with van der Waals surface area (Å²) >= 11 is 1.97. The van der Waals surface area contributed by atoms with Crippen LogP contribution in [0.25, 0.3) is 11.3 Å². The summed E-state index contributed by atoms with van der Waals surface area (Å²) in [4.78, 5) is 18.4. The van der Waals surface area contributed by atoms with Gasteiger partial charge < -0.3 is 14.5 Å². The van der Waals surface area contributed by atoms with E-state index in [1.54, 1.807) is 6.20 Å². The lowest BCUT2D eigenvalue weighted by Gasteiger charge is -2.36. The fraction of sp³-hybridized carbons (Fsp3) is 0.526. The molecule has 0 radical (unpaired) electrons. The van der Waals surface area contributed by atoms with E-state index in [1.807, 2.05) is 30.0 Å². The fourth-order valence-corrected chi connectivity index (χ4v) is 4.68. The smallest absolute Gasteiger partial charge is 0.245 e. The summed E-state index contributed by atoms with van der Waals surface area (Å²) in [5.41, 5.74) is 1.86. The minimum absolute atomic E-state index is 0.128. The molecule has 2 aliphatic heterocycles. The highest BCUT2D eigenvalue weighted by atomic mass is 32.2. The molecular formula is C19H23N7O2S. The van der Waals surface area contributed by atoms with Gasteiger partial charge in [0.25, 0.3) is 0 Å².